The first-order chi connectivity index (χ1) is 5.38. The van der Waals surface area contributed by atoms with Crippen molar-refractivity contribution < 1.29 is 23.4 Å². The summed E-state index contributed by atoms with van der Waals surface area (Å²) in [6.45, 7) is 2.67. The minimum Gasteiger partial charge on any atom is -0.435 e. The molecule has 0 N–H and O–H groups in total. The molecule has 66 valence electrons. The Kier molecular flexibility index (Phi) is 2.06. The molecule has 1 aliphatic heterocycles. The molecule has 0 aliphatic carbocycles. The Morgan fingerprint density at radius 1 is 1.42 bits per heavy atom. The molecule has 0 radical (unpaired) electrons. The van der Waals surface area contributed by atoms with Crippen LogP contribution in [0.3, 0.4) is 0 Å². The summed E-state index contributed by atoms with van der Waals surface area (Å²) in [6, 6.07) is 0. The van der Waals surface area contributed by atoms with E-state index in [1.165, 1.54) is 13.3 Å². The molecule has 0 unspecified atom stereocenters. The van der Waals surface area contributed by atoms with Crippen molar-refractivity contribution in [3.8, 4) is 0 Å². The third-order valence-electron chi connectivity index (χ3n) is 0.962. The van der Waals surface area contributed by atoms with E-state index in [9.17, 15) is 14.2 Å². The van der Waals surface area contributed by atoms with Gasteiger partial charge in [0.05, 0.1) is 6.08 Å². The van der Waals surface area contributed by atoms with Gasteiger partial charge in [0.15, 0.2) is 0 Å². The quantitative estimate of drug-likeness (QED) is 0.360. The van der Waals surface area contributed by atoms with Crippen LogP contribution in [0, 0.1) is 0 Å². The van der Waals surface area contributed by atoms with Crippen LogP contribution in [0.25, 0.3) is 0 Å². The van der Waals surface area contributed by atoms with Gasteiger partial charge in [0.1, 0.15) is 0 Å². The first-order valence-electron chi connectivity index (χ1n) is 3.11. The summed E-state index contributed by atoms with van der Waals surface area (Å²) in [6.07, 6.45) is 0.877. The number of cyclic esters (lactones) is 2. The number of hydrogen-bond acceptors (Lipinski definition) is 5. The van der Waals surface area contributed by atoms with Crippen LogP contribution in [0.4, 0.5) is 0 Å². The Bertz CT molecular complexity index is 310. The Labute approximate surface area is 68.8 Å². The average molecular weight is 190 g/mol. The largest absolute Gasteiger partial charge is 0.435 e. The van der Waals surface area contributed by atoms with Crippen molar-refractivity contribution in [2.75, 3.05) is 13.3 Å². The van der Waals surface area contributed by atoms with Gasteiger partial charge in [-0.05, 0) is 0 Å². The second-order valence-electron chi connectivity index (χ2n) is 2.56. The lowest BCUT2D eigenvalue weighted by Gasteiger charge is -2.07. The Morgan fingerprint density at radius 3 is 2.33 bits per heavy atom. The summed E-state index contributed by atoms with van der Waals surface area (Å²) >= 11 is 0. The predicted octanol–water partition coefficient (Wildman–Crippen LogP) is 0.508. The van der Waals surface area contributed by atoms with Crippen molar-refractivity contribution in [3.05, 3.63) is 11.8 Å². The van der Waals surface area contributed by atoms with Crippen molar-refractivity contribution in [2.24, 2.45) is 0 Å². The first kappa shape index (κ1) is 9.00. The van der Waals surface area contributed by atoms with E-state index in [1.54, 1.807) is 0 Å². The molecular weight excluding hydrogens is 183 g/mol. The van der Waals surface area contributed by atoms with Crippen LogP contribution in [0.15, 0.2) is 11.8 Å². The van der Waals surface area contributed by atoms with Crippen molar-refractivity contribution in [1.82, 2.24) is 0 Å². The standard InChI is InChI=1S/C6H7O5P/c1-12(2,9)11-4-3-5(7)10-6(4)8/h3H,1-2H3. The highest BCUT2D eigenvalue weighted by Crippen LogP contribution is 2.41. The summed E-state index contributed by atoms with van der Waals surface area (Å²) in [5.41, 5.74) is 0. The monoisotopic (exact) mass is 190 g/mol. The van der Waals surface area contributed by atoms with Crippen molar-refractivity contribution in [3.63, 3.8) is 0 Å². The van der Waals surface area contributed by atoms with Gasteiger partial charge in [-0.2, -0.15) is 0 Å². The number of esters is 2. The fourth-order valence-electron chi connectivity index (χ4n) is 0.638. The van der Waals surface area contributed by atoms with Gasteiger partial charge in [-0.15, -0.1) is 0 Å². The lowest BCUT2D eigenvalue weighted by Crippen LogP contribution is -2.03. The zero-order chi connectivity index (χ0) is 9.35. The maximum atomic E-state index is 11.0. The van der Waals surface area contributed by atoms with Crippen molar-refractivity contribution >= 4 is 19.3 Å². The normalized spacial score (nSPS) is 17.3. The van der Waals surface area contributed by atoms with Crippen LogP contribution >= 0.6 is 7.37 Å². The van der Waals surface area contributed by atoms with E-state index in [2.05, 4.69) is 4.74 Å². The van der Waals surface area contributed by atoms with Crippen molar-refractivity contribution in [1.29, 1.82) is 0 Å². The summed E-state index contributed by atoms with van der Waals surface area (Å²) in [5, 5.41) is 0. The summed E-state index contributed by atoms with van der Waals surface area (Å²) in [5.74, 6) is -1.96. The fourth-order valence-corrected chi connectivity index (χ4v) is 1.24. The number of hydrogen-bond donors (Lipinski definition) is 0. The topological polar surface area (TPSA) is 69.7 Å². The summed E-state index contributed by atoms with van der Waals surface area (Å²) in [4.78, 5) is 21.2. The van der Waals surface area contributed by atoms with Gasteiger partial charge >= 0.3 is 11.9 Å². The molecule has 12 heavy (non-hydrogen) atoms. The van der Waals surface area contributed by atoms with E-state index < -0.39 is 19.3 Å². The molecule has 1 aliphatic rings. The molecule has 6 heteroatoms. The molecule has 0 saturated carbocycles. The van der Waals surface area contributed by atoms with Crippen LogP contribution in [0.2, 0.25) is 0 Å². The van der Waals surface area contributed by atoms with Crippen LogP contribution in [0.1, 0.15) is 0 Å². The smallest absolute Gasteiger partial charge is 0.382 e. The fraction of sp³-hybridized carbons (Fsp3) is 0.333. The van der Waals surface area contributed by atoms with Gasteiger partial charge in [0.2, 0.25) is 13.1 Å². The van der Waals surface area contributed by atoms with Crippen LogP contribution in [0.5, 0.6) is 0 Å². The highest BCUT2D eigenvalue weighted by molar-refractivity contribution is 7.57. The molecule has 1 rings (SSSR count). The van der Waals surface area contributed by atoms with Crippen LogP contribution in [-0.2, 0) is 23.4 Å². The maximum absolute atomic E-state index is 11.0. The number of carbonyl (C=O) groups excluding carboxylic acids is 2. The minimum atomic E-state index is -2.80. The summed E-state index contributed by atoms with van der Waals surface area (Å²) in [7, 11) is -2.80. The highest BCUT2D eigenvalue weighted by Gasteiger charge is 2.28. The number of rotatable bonds is 2. The van der Waals surface area contributed by atoms with Crippen molar-refractivity contribution in [2.45, 2.75) is 0 Å². The Balaban J connectivity index is 2.78. The molecule has 0 amide bonds. The van der Waals surface area contributed by atoms with Gasteiger partial charge < -0.3 is 9.26 Å². The second kappa shape index (κ2) is 2.75. The van der Waals surface area contributed by atoms with E-state index in [1.807, 2.05) is 0 Å². The molecule has 0 aromatic carbocycles. The molecule has 0 fully saturated rings. The van der Waals surface area contributed by atoms with E-state index in [4.69, 9.17) is 4.52 Å². The number of carbonyl (C=O) groups is 2. The van der Waals surface area contributed by atoms with Crippen LogP contribution < -0.4 is 0 Å². The molecule has 0 saturated heterocycles. The molecule has 0 spiro atoms. The molecule has 0 aromatic rings. The average Bonchev–Trinajstić information content (AvgIpc) is 2.06. The third-order valence-corrected chi connectivity index (χ3v) is 1.60. The zero-order valence-electron chi connectivity index (χ0n) is 6.57. The molecular formula is C6H7O5P. The van der Waals surface area contributed by atoms with Gasteiger partial charge in [-0.1, -0.05) is 0 Å². The second-order valence-corrected chi connectivity index (χ2v) is 5.25. The zero-order valence-corrected chi connectivity index (χ0v) is 7.46. The van der Waals surface area contributed by atoms with E-state index >= 15 is 0 Å². The van der Waals surface area contributed by atoms with E-state index in [-0.39, 0.29) is 5.76 Å². The predicted molar refractivity (Wildman–Crippen MR) is 39.7 cm³/mol. The van der Waals surface area contributed by atoms with Gasteiger partial charge in [0, 0.05) is 13.3 Å². The molecule has 0 aromatic heterocycles. The van der Waals surface area contributed by atoms with Gasteiger partial charge in [-0.3, -0.25) is 4.57 Å². The molecule has 1 heterocycles. The van der Waals surface area contributed by atoms with Gasteiger partial charge in [-0.25, -0.2) is 9.59 Å². The van der Waals surface area contributed by atoms with E-state index in [0.717, 1.165) is 6.08 Å². The molecule has 0 bridgehead atoms. The SMILES string of the molecule is CP(C)(=O)OC1=CC(=O)OC1=O. The highest BCUT2D eigenvalue weighted by atomic mass is 31.2. The lowest BCUT2D eigenvalue weighted by atomic mass is 10.5. The third kappa shape index (κ3) is 2.20. The maximum Gasteiger partial charge on any atom is 0.382 e. The number of ether oxygens (including phenoxy) is 1. The minimum absolute atomic E-state index is 0.284. The molecule has 0 atom stereocenters. The lowest BCUT2D eigenvalue weighted by molar-refractivity contribution is -0.151. The van der Waals surface area contributed by atoms with E-state index in [0.29, 0.717) is 0 Å². The molecule has 5 nitrogen and oxygen atoms in total. The summed E-state index contributed by atoms with van der Waals surface area (Å²) < 4.78 is 19.8. The Morgan fingerprint density at radius 2 is 2.00 bits per heavy atom. The Hall–Kier alpha value is -1.09. The van der Waals surface area contributed by atoms with Crippen LogP contribution in [-0.4, -0.2) is 25.3 Å². The van der Waals surface area contributed by atoms with Gasteiger partial charge in [0.25, 0.3) is 0 Å². The first-order valence-corrected chi connectivity index (χ1v) is 5.63.